The molecule has 1 aliphatic heterocycles. The van der Waals surface area contributed by atoms with Crippen LogP contribution in [0.3, 0.4) is 0 Å². The Balaban J connectivity index is 1.83. The minimum Gasteiger partial charge on any atom is -0.444 e. The van der Waals surface area contributed by atoms with Crippen molar-refractivity contribution in [2.45, 2.75) is 76.9 Å². The number of ether oxygens (including phenoxy) is 1. The molecule has 1 aliphatic carbocycles. The predicted molar refractivity (Wildman–Crippen MR) is 110 cm³/mol. The summed E-state index contributed by atoms with van der Waals surface area (Å²) in [6, 6.07) is 10.3. The quantitative estimate of drug-likeness (QED) is 0.745. The van der Waals surface area contributed by atoms with Crippen molar-refractivity contribution in [2.24, 2.45) is 0 Å². The minimum absolute atomic E-state index is 0.0390. The minimum atomic E-state index is -0.588. The van der Waals surface area contributed by atoms with Gasteiger partial charge in [0.15, 0.2) is 0 Å². The third kappa shape index (κ3) is 4.50. The number of nitrogens with zero attached hydrogens (tertiary/aromatic N) is 2. The fourth-order valence-corrected chi connectivity index (χ4v) is 4.39. The number of likely N-dealkylation sites (tertiary alicyclic amines) is 1. The van der Waals surface area contributed by atoms with Crippen molar-refractivity contribution in [3.8, 4) is 0 Å². The summed E-state index contributed by atoms with van der Waals surface area (Å²) in [5, 5.41) is 0. The normalized spacial score (nSPS) is 24.6. The lowest BCUT2D eigenvalue weighted by atomic mass is 10.0. The molecule has 1 aromatic rings. The van der Waals surface area contributed by atoms with Crippen molar-refractivity contribution in [1.29, 1.82) is 0 Å². The first-order valence-electron chi connectivity index (χ1n) is 10.6. The summed E-state index contributed by atoms with van der Waals surface area (Å²) < 4.78 is 5.72. The van der Waals surface area contributed by atoms with Crippen LogP contribution in [0.2, 0.25) is 0 Å². The molecular weight excluding hydrogens is 352 g/mol. The van der Waals surface area contributed by atoms with Crippen LogP contribution in [0.15, 0.2) is 30.3 Å². The number of carbonyl (C=O) groups is 2. The number of rotatable bonds is 5. The van der Waals surface area contributed by atoms with E-state index in [0.29, 0.717) is 0 Å². The molecule has 0 bridgehead atoms. The van der Waals surface area contributed by atoms with Gasteiger partial charge in [0.25, 0.3) is 0 Å². The van der Waals surface area contributed by atoms with Crippen molar-refractivity contribution in [3.05, 3.63) is 35.9 Å². The Morgan fingerprint density at radius 3 is 2.36 bits per heavy atom. The van der Waals surface area contributed by atoms with Gasteiger partial charge < -0.3 is 9.64 Å². The first-order chi connectivity index (χ1) is 13.3. The molecule has 0 spiro atoms. The van der Waals surface area contributed by atoms with E-state index in [0.717, 1.165) is 38.8 Å². The monoisotopic (exact) mass is 386 g/mol. The average Bonchev–Trinajstić information content (AvgIpc) is 3.41. The molecular formula is C23H34N2O3. The molecule has 2 aliphatic rings. The average molecular weight is 387 g/mol. The van der Waals surface area contributed by atoms with Crippen LogP contribution in [0.1, 0.15) is 71.3 Å². The van der Waals surface area contributed by atoms with Crippen LogP contribution in [-0.2, 0) is 9.53 Å². The molecule has 2 amide bonds. The van der Waals surface area contributed by atoms with E-state index in [1.807, 2.05) is 43.9 Å². The van der Waals surface area contributed by atoms with Crippen molar-refractivity contribution >= 4 is 12.0 Å². The lowest BCUT2D eigenvalue weighted by Gasteiger charge is -2.36. The van der Waals surface area contributed by atoms with Crippen LogP contribution < -0.4 is 0 Å². The lowest BCUT2D eigenvalue weighted by Crippen LogP contribution is -2.51. The van der Waals surface area contributed by atoms with Crippen LogP contribution in [0.5, 0.6) is 0 Å². The summed E-state index contributed by atoms with van der Waals surface area (Å²) >= 11 is 0. The number of amides is 2. The highest BCUT2D eigenvalue weighted by atomic mass is 16.6. The van der Waals surface area contributed by atoms with Gasteiger partial charge in [-0.25, -0.2) is 4.79 Å². The molecule has 1 aromatic carbocycles. The molecule has 154 valence electrons. The fourth-order valence-electron chi connectivity index (χ4n) is 4.39. The van der Waals surface area contributed by atoms with Gasteiger partial charge in [0.05, 0.1) is 5.54 Å². The Labute approximate surface area is 169 Å². The Morgan fingerprint density at radius 2 is 1.79 bits per heavy atom. The van der Waals surface area contributed by atoms with E-state index in [1.54, 1.807) is 4.90 Å². The van der Waals surface area contributed by atoms with Gasteiger partial charge in [0.1, 0.15) is 12.1 Å². The molecule has 2 unspecified atom stereocenters. The molecule has 5 nitrogen and oxygen atoms in total. The lowest BCUT2D eigenvalue weighted by molar-refractivity contribution is -0.134. The van der Waals surface area contributed by atoms with Crippen molar-refractivity contribution < 1.29 is 14.3 Å². The predicted octanol–water partition coefficient (Wildman–Crippen LogP) is 4.57. The highest BCUT2D eigenvalue weighted by molar-refractivity contribution is 5.83. The molecule has 0 N–H and O–H groups in total. The Bertz CT molecular complexity index is 692. The number of hydrogen-bond acceptors (Lipinski definition) is 3. The fraction of sp³-hybridized carbons (Fsp3) is 0.652. The zero-order valence-corrected chi connectivity index (χ0v) is 17.7. The van der Waals surface area contributed by atoms with E-state index in [-0.39, 0.29) is 30.0 Å². The number of benzene rings is 1. The molecule has 1 saturated carbocycles. The van der Waals surface area contributed by atoms with Crippen LogP contribution in [0.4, 0.5) is 4.79 Å². The van der Waals surface area contributed by atoms with Gasteiger partial charge in [-0.1, -0.05) is 37.3 Å². The van der Waals surface area contributed by atoms with E-state index in [4.69, 9.17) is 4.74 Å². The number of piperidine rings is 1. The summed E-state index contributed by atoms with van der Waals surface area (Å²) in [7, 11) is 0. The van der Waals surface area contributed by atoms with E-state index in [2.05, 4.69) is 19.1 Å². The summed E-state index contributed by atoms with van der Waals surface area (Å²) in [6.45, 7) is 9.41. The molecule has 1 saturated heterocycles. The van der Waals surface area contributed by atoms with E-state index < -0.39 is 5.60 Å². The molecule has 28 heavy (non-hydrogen) atoms. The highest BCUT2D eigenvalue weighted by Crippen LogP contribution is 2.57. The Morgan fingerprint density at radius 1 is 1.14 bits per heavy atom. The van der Waals surface area contributed by atoms with Crippen molar-refractivity contribution in [3.63, 3.8) is 0 Å². The molecule has 2 fully saturated rings. The molecule has 5 heteroatoms. The molecule has 2 atom stereocenters. The second kappa shape index (κ2) is 8.14. The largest absolute Gasteiger partial charge is 0.444 e. The zero-order valence-electron chi connectivity index (χ0n) is 17.7. The van der Waals surface area contributed by atoms with Gasteiger partial charge in [-0.2, -0.15) is 0 Å². The van der Waals surface area contributed by atoms with Gasteiger partial charge in [-0.15, -0.1) is 0 Å². The van der Waals surface area contributed by atoms with Crippen LogP contribution in [0.25, 0.3) is 0 Å². The molecule has 1 heterocycles. The van der Waals surface area contributed by atoms with Crippen molar-refractivity contribution in [1.82, 2.24) is 9.80 Å². The summed E-state index contributed by atoms with van der Waals surface area (Å²) in [5.41, 5.74) is 0.299. The van der Waals surface area contributed by atoms with Gasteiger partial charge in [0, 0.05) is 19.0 Å². The first kappa shape index (κ1) is 20.7. The summed E-state index contributed by atoms with van der Waals surface area (Å²) in [6.07, 6.45) is 4.57. The molecule has 0 radical (unpaired) electrons. The van der Waals surface area contributed by atoms with E-state index in [9.17, 15) is 9.59 Å². The Kier molecular flexibility index (Phi) is 6.01. The van der Waals surface area contributed by atoms with Gasteiger partial charge in [0.2, 0.25) is 5.91 Å². The second-order valence-corrected chi connectivity index (χ2v) is 9.13. The molecule has 3 rings (SSSR count). The standard InChI is InChI=1S/C23H34N2O3/c1-5-23(16-19(23)18-12-8-6-9-13-18)25(21(27)28-22(2,3)4)17-20(26)24-14-10-7-11-15-24/h6,8-9,12-13,19H,5,7,10-11,14-17H2,1-4H3. The smallest absolute Gasteiger partial charge is 0.411 e. The number of hydrogen-bond donors (Lipinski definition) is 0. The summed E-state index contributed by atoms with van der Waals surface area (Å²) in [5.74, 6) is 0.289. The van der Waals surface area contributed by atoms with E-state index >= 15 is 0 Å². The topological polar surface area (TPSA) is 49.9 Å². The third-order valence-corrected chi connectivity index (χ3v) is 6.01. The van der Waals surface area contributed by atoms with Crippen molar-refractivity contribution in [2.75, 3.05) is 19.6 Å². The molecule has 0 aromatic heterocycles. The first-order valence-corrected chi connectivity index (χ1v) is 10.6. The van der Waals surface area contributed by atoms with Gasteiger partial charge in [-0.05, 0) is 58.4 Å². The van der Waals surface area contributed by atoms with Gasteiger partial charge in [-0.3, -0.25) is 9.69 Å². The SMILES string of the molecule is CCC1(N(CC(=O)N2CCCCC2)C(=O)OC(C)(C)C)CC1c1ccccc1. The number of carbonyl (C=O) groups excluding carboxylic acids is 2. The van der Waals surface area contributed by atoms with Crippen LogP contribution >= 0.6 is 0 Å². The third-order valence-electron chi connectivity index (χ3n) is 6.01. The van der Waals surface area contributed by atoms with Crippen LogP contribution in [0, 0.1) is 0 Å². The van der Waals surface area contributed by atoms with Gasteiger partial charge >= 0.3 is 6.09 Å². The maximum absolute atomic E-state index is 13.1. The van der Waals surface area contributed by atoms with Crippen LogP contribution in [-0.4, -0.2) is 52.6 Å². The maximum atomic E-state index is 13.1. The van der Waals surface area contributed by atoms with E-state index in [1.165, 1.54) is 12.0 Å². The Hall–Kier alpha value is -2.04. The second-order valence-electron chi connectivity index (χ2n) is 9.13. The summed E-state index contributed by atoms with van der Waals surface area (Å²) in [4.78, 5) is 29.8. The highest BCUT2D eigenvalue weighted by Gasteiger charge is 2.60. The zero-order chi connectivity index (χ0) is 20.4. The maximum Gasteiger partial charge on any atom is 0.411 e.